The van der Waals surface area contributed by atoms with Crippen LogP contribution in [0.1, 0.15) is 39.5 Å². The van der Waals surface area contributed by atoms with Crippen LogP contribution in [0.5, 0.6) is 0 Å². The highest BCUT2D eigenvalue weighted by molar-refractivity contribution is 5.76. The highest BCUT2D eigenvalue weighted by Crippen LogP contribution is 2.13. The van der Waals surface area contributed by atoms with Gasteiger partial charge in [-0.25, -0.2) is 0 Å². The second-order valence-corrected chi connectivity index (χ2v) is 4.49. The molecule has 3 N–H and O–H groups in total. The third-order valence-electron chi connectivity index (χ3n) is 2.68. The van der Waals surface area contributed by atoms with Gasteiger partial charge in [-0.05, 0) is 33.1 Å². The highest BCUT2D eigenvalue weighted by atomic mass is 16.5. The molecule has 1 fully saturated rings. The van der Waals surface area contributed by atoms with Crippen LogP contribution in [0.15, 0.2) is 0 Å². The van der Waals surface area contributed by atoms with Crippen LogP contribution in [0.3, 0.4) is 0 Å². The fraction of sp³-hybridized carbons (Fsp3) is 0.909. The zero-order chi connectivity index (χ0) is 11.3. The minimum Gasteiger partial charge on any atom is -0.378 e. The molecular formula is C11H22N2O2. The van der Waals surface area contributed by atoms with Gasteiger partial charge in [0.15, 0.2) is 0 Å². The second kappa shape index (κ2) is 6.08. The lowest BCUT2D eigenvalue weighted by atomic mass is 10.0. The average Bonchev–Trinajstić information content (AvgIpc) is 2.15. The Labute approximate surface area is 91.5 Å². The van der Waals surface area contributed by atoms with Crippen LogP contribution in [0.4, 0.5) is 0 Å². The fourth-order valence-corrected chi connectivity index (χ4v) is 1.79. The van der Waals surface area contributed by atoms with E-state index in [-0.39, 0.29) is 24.1 Å². The highest BCUT2D eigenvalue weighted by Gasteiger charge is 2.20. The van der Waals surface area contributed by atoms with Gasteiger partial charge in [0, 0.05) is 25.1 Å². The van der Waals surface area contributed by atoms with Gasteiger partial charge in [-0.15, -0.1) is 0 Å². The molecule has 0 bridgehead atoms. The van der Waals surface area contributed by atoms with E-state index >= 15 is 0 Å². The number of amides is 1. The fourth-order valence-electron chi connectivity index (χ4n) is 1.79. The van der Waals surface area contributed by atoms with E-state index in [4.69, 9.17) is 10.5 Å². The average molecular weight is 214 g/mol. The van der Waals surface area contributed by atoms with Crippen molar-refractivity contribution >= 4 is 5.91 Å². The number of nitrogens with two attached hydrogens (primary N) is 1. The summed E-state index contributed by atoms with van der Waals surface area (Å²) in [4.78, 5) is 11.5. The molecule has 0 aromatic rings. The van der Waals surface area contributed by atoms with E-state index in [1.807, 2.05) is 13.8 Å². The Morgan fingerprint density at radius 1 is 1.67 bits per heavy atom. The Kier molecular flexibility index (Phi) is 5.05. The Bertz CT molecular complexity index is 207. The quantitative estimate of drug-likeness (QED) is 0.727. The first kappa shape index (κ1) is 12.5. The zero-order valence-corrected chi connectivity index (χ0v) is 9.66. The van der Waals surface area contributed by atoms with Crippen LogP contribution < -0.4 is 11.1 Å². The van der Waals surface area contributed by atoms with Gasteiger partial charge in [0.1, 0.15) is 0 Å². The lowest BCUT2D eigenvalue weighted by Gasteiger charge is -2.28. The Morgan fingerprint density at radius 3 is 3.00 bits per heavy atom. The Balaban J connectivity index is 2.19. The molecule has 4 heteroatoms. The molecule has 3 unspecified atom stereocenters. The Hall–Kier alpha value is -0.610. The van der Waals surface area contributed by atoms with E-state index in [1.165, 1.54) is 0 Å². The molecule has 1 aliphatic rings. The molecule has 1 heterocycles. The summed E-state index contributed by atoms with van der Waals surface area (Å²) in [6, 6.07) is 0.388. The van der Waals surface area contributed by atoms with Crippen LogP contribution in [0, 0.1) is 0 Å². The molecular weight excluding hydrogens is 192 g/mol. The molecule has 88 valence electrons. The first-order valence-electron chi connectivity index (χ1n) is 5.74. The molecule has 4 nitrogen and oxygen atoms in total. The van der Waals surface area contributed by atoms with E-state index in [9.17, 15) is 4.79 Å². The maximum Gasteiger partial charge on any atom is 0.220 e. The summed E-state index contributed by atoms with van der Waals surface area (Å²) in [6.07, 6.45) is 3.39. The van der Waals surface area contributed by atoms with Crippen LogP contribution in [-0.2, 0) is 9.53 Å². The summed E-state index contributed by atoms with van der Waals surface area (Å²) >= 11 is 0. The van der Waals surface area contributed by atoms with Crippen molar-refractivity contribution in [2.24, 2.45) is 5.73 Å². The first-order valence-corrected chi connectivity index (χ1v) is 5.74. The molecule has 0 saturated carbocycles. The van der Waals surface area contributed by atoms with Gasteiger partial charge in [0.05, 0.1) is 6.10 Å². The summed E-state index contributed by atoms with van der Waals surface area (Å²) in [5.74, 6) is 0.117. The summed E-state index contributed by atoms with van der Waals surface area (Å²) < 4.78 is 5.42. The molecule has 0 aliphatic carbocycles. The molecule has 1 aliphatic heterocycles. The van der Waals surface area contributed by atoms with Crippen LogP contribution in [0.2, 0.25) is 0 Å². The summed E-state index contributed by atoms with van der Waals surface area (Å²) in [5, 5.41) is 3.03. The van der Waals surface area contributed by atoms with Crippen molar-refractivity contribution < 1.29 is 9.53 Å². The van der Waals surface area contributed by atoms with Crippen molar-refractivity contribution in [3.8, 4) is 0 Å². The molecule has 0 radical (unpaired) electrons. The zero-order valence-electron chi connectivity index (χ0n) is 9.66. The molecule has 0 aromatic heterocycles. The third-order valence-corrected chi connectivity index (χ3v) is 2.68. The SMILES string of the molecule is CC(N)CCC(=O)NC1CCOC(C)C1. The maximum atomic E-state index is 11.5. The number of carbonyl (C=O) groups excluding carboxylic acids is 1. The minimum atomic E-state index is 0.101. The lowest BCUT2D eigenvalue weighted by Crippen LogP contribution is -2.41. The molecule has 0 aromatic carbocycles. The van der Waals surface area contributed by atoms with Gasteiger partial charge in [-0.3, -0.25) is 4.79 Å². The van der Waals surface area contributed by atoms with Gasteiger partial charge in [0.2, 0.25) is 5.91 Å². The molecule has 1 rings (SSSR count). The lowest BCUT2D eigenvalue weighted by molar-refractivity contribution is -0.122. The molecule has 15 heavy (non-hydrogen) atoms. The van der Waals surface area contributed by atoms with Crippen molar-refractivity contribution in [3.05, 3.63) is 0 Å². The number of carbonyl (C=O) groups is 1. The monoisotopic (exact) mass is 214 g/mol. The minimum absolute atomic E-state index is 0.101. The van der Waals surface area contributed by atoms with E-state index in [0.717, 1.165) is 25.9 Å². The van der Waals surface area contributed by atoms with Gasteiger partial charge in [-0.1, -0.05) is 0 Å². The summed E-state index contributed by atoms with van der Waals surface area (Å²) in [5.41, 5.74) is 5.60. The van der Waals surface area contributed by atoms with Gasteiger partial charge in [-0.2, -0.15) is 0 Å². The molecule has 3 atom stereocenters. The van der Waals surface area contributed by atoms with Crippen LogP contribution >= 0.6 is 0 Å². The molecule has 0 spiro atoms. The van der Waals surface area contributed by atoms with Gasteiger partial charge in [0.25, 0.3) is 0 Å². The summed E-state index contributed by atoms with van der Waals surface area (Å²) in [7, 11) is 0. The van der Waals surface area contributed by atoms with E-state index < -0.39 is 0 Å². The number of rotatable bonds is 4. The first-order chi connectivity index (χ1) is 7.08. The predicted molar refractivity (Wildman–Crippen MR) is 59.5 cm³/mol. The van der Waals surface area contributed by atoms with Crippen molar-refractivity contribution in [1.82, 2.24) is 5.32 Å². The maximum absolute atomic E-state index is 11.5. The number of hydrogen-bond donors (Lipinski definition) is 2. The van der Waals surface area contributed by atoms with Crippen molar-refractivity contribution in [2.75, 3.05) is 6.61 Å². The van der Waals surface area contributed by atoms with Crippen molar-refractivity contribution in [3.63, 3.8) is 0 Å². The van der Waals surface area contributed by atoms with Crippen LogP contribution in [0.25, 0.3) is 0 Å². The van der Waals surface area contributed by atoms with E-state index in [1.54, 1.807) is 0 Å². The van der Waals surface area contributed by atoms with Gasteiger partial charge >= 0.3 is 0 Å². The number of hydrogen-bond acceptors (Lipinski definition) is 3. The van der Waals surface area contributed by atoms with Crippen LogP contribution in [-0.4, -0.2) is 30.7 Å². The third kappa shape index (κ3) is 5.14. The van der Waals surface area contributed by atoms with Gasteiger partial charge < -0.3 is 15.8 Å². The smallest absolute Gasteiger partial charge is 0.220 e. The molecule has 1 saturated heterocycles. The number of ether oxygens (including phenoxy) is 1. The predicted octanol–water partition coefficient (Wildman–Crippen LogP) is 0.797. The van der Waals surface area contributed by atoms with E-state index in [0.29, 0.717) is 6.42 Å². The second-order valence-electron chi connectivity index (χ2n) is 4.49. The largest absolute Gasteiger partial charge is 0.378 e. The van der Waals surface area contributed by atoms with E-state index in [2.05, 4.69) is 5.32 Å². The Morgan fingerprint density at radius 2 is 2.40 bits per heavy atom. The molecule has 1 amide bonds. The topological polar surface area (TPSA) is 64.4 Å². The number of nitrogens with one attached hydrogen (secondary N) is 1. The van der Waals surface area contributed by atoms with Crippen molar-refractivity contribution in [2.45, 2.75) is 57.7 Å². The normalized spacial score (nSPS) is 28.5. The standard InChI is InChI=1S/C11H22N2O2/c1-8(12)3-4-11(14)13-10-5-6-15-9(2)7-10/h8-10H,3-7,12H2,1-2H3,(H,13,14). The van der Waals surface area contributed by atoms with Crippen molar-refractivity contribution in [1.29, 1.82) is 0 Å². The summed E-state index contributed by atoms with van der Waals surface area (Å²) in [6.45, 7) is 4.71.